The van der Waals surface area contributed by atoms with Crippen molar-refractivity contribution in [2.24, 2.45) is 5.92 Å². The van der Waals surface area contributed by atoms with E-state index in [1.807, 2.05) is 24.3 Å². The SMILES string of the molecule is CCC(=O)N1CCc2cc(Br)c(S(=O)(=O)N3CCC[C@@H](C(=O)Nc4ccc(CC)cc4)C3)cc21. The number of piperidine rings is 1. The van der Waals surface area contributed by atoms with Crippen molar-refractivity contribution < 1.29 is 18.0 Å². The van der Waals surface area contributed by atoms with Crippen LogP contribution in [-0.2, 0) is 32.5 Å². The summed E-state index contributed by atoms with van der Waals surface area (Å²) in [6.07, 6.45) is 3.23. The van der Waals surface area contributed by atoms with Crippen molar-refractivity contribution in [2.45, 2.75) is 50.8 Å². The highest BCUT2D eigenvalue weighted by Crippen LogP contribution is 2.37. The molecule has 0 bridgehead atoms. The van der Waals surface area contributed by atoms with Crippen molar-refractivity contribution in [2.75, 3.05) is 29.9 Å². The zero-order valence-corrected chi connectivity index (χ0v) is 21.9. The molecule has 0 aromatic heterocycles. The topological polar surface area (TPSA) is 86.8 Å². The number of halogens is 1. The Balaban J connectivity index is 1.53. The molecule has 2 amide bonds. The summed E-state index contributed by atoms with van der Waals surface area (Å²) in [7, 11) is -3.85. The molecule has 2 aromatic rings. The number of anilines is 2. The molecule has 1 saturated heterocycles. The molecule has 9 heteroatoms. The predicted octanol–water partition coefficient (Wildman–Crippen LogP) is 4.35. The van der Waals surface area contributed by atoms with Crippen LogP contribution in [0.3, 0.4) is 0 Å². The number of hydrogen-bond acceptors (Lipinski definition) is 4. The Labute approximate surface area is 209 Å². The van der Waals surface area contributed by atoms with Crippen molar-refractivity contribution in [3.63, 3.8) is 0 Å². The maximum atomic E-state index is 13.6. The van der Waals surface area contributed by atoms with Crippen molar-refractivity contribution in [3.05, 3.63) is 52.0 Å². The Morgan fingerprint density at radius 1 is 1.12 bits per heavy atom. The Hall–Kier alpha value is -2.23. The van der Waals surface area contributed by atoms with E-state index in [-0.39, 0.29) is 23.3 Å². The Bertz CT molecular complexity index is 1200. The molecule has 1 fully saturated rings. The Kier molecular flexibility index (Phi) is 7.45. The van der Waals surface area contributed by atoms with E-state index in [4.69, 9.17) is 0 Å². The van der Waals surface area contributed by atoms with Crippen LogP contribution in [0, 0.1) is 5.92 Å². The number of amides is 2. The smallest absolute Gasteiger partial charge is 0.244 e. The average Bonchev–Trinajstić information content (AvgIpc) is 3.26. The zero-order valence-electron chi connectivity index (χ0n) is 19.5. The second-order valence-corrected chi connectivity index (χ2v) is 11.6. The largest absolute Gasteiger partial charge is 0.326 e. The van der Waals surface area contributed by atoms with Crippen molar-refractivity contribution in [3.8, 4) is 0 Å². The summed E-state index contributed by atoms with van der Waals surface area (Å²) in [5.74, 6) is -0.622. The van der Waals surface area contributed by atoms with E-state index < -0.39 is 15.9 Å². The van der Waals surface area contributed by atoms with Gasteiger partial charge in [-0.15, -0.1) is 0 Å². The molecule has 4 rings (SSSR count). The molecule has 182 valence electrons. The molecule has 0 aliphatic carbocycles. The van der Waals surface area contributed by atoms with Gasteiger partial charge in [-0.25, -0.2) is 8.42 Å². The van der Waals surface area contributed by atoms with Crippen LogP contribution in [0.5, 0.6) is 0 Å². The predicted molar refractivity (Wildman–Crippen MR) is 136 cm³/mol. The third-order valence-corrected chi connectivity index (χ3v) is 9.46. The minimum Gasteiger partial charge on any atom is -0.326 e. The summed E-state index contributed by atoms with van der Waals surface area (Å²) in [4.78, 5) is 27.1. The number of benzene rings is 2. The fraction of sp³-hybridized carbons (Fsp3) is 0.440. The Morgan fingerprint density at radius 3 is 2.53 bits per heavy atom. The normalized spacial score (nSPS) is 18.6. The molecule has 2 heterocycles. The molecule has 1 atom stereocenters. The first-order valence-electron chi connectivity index (χ1n) is 11.8. The fourth-order valence-corrected chi connectivity index (χ4v) is 7.21. The van der Waals surface area contributed by atoms with Crippen LogP contribution in [0.2, 0.25) is 0 Å². The Morgan fingerprint density at radius 2 is 1.85 bits per heavy atom. The summed E-state index contributed by atoms with van der Waals surface area (Å²) in [6.45, 7) is 4.92. The highest BCUT2D eigenvalue weighted by atomic mass is 79.9. The first kappa shape index (κ1) is 24.9. The van der Waals surface area contributed by atoms with Crippen LogP contribution in [0.1, 0.15) is 44.2 Å². The van der Waals surface area contributed by atoms with Gasteiger partial charge in [0.15, 0.2) is 0 Å². The highest BCUT2D eigenvalue weighted by Gasteiger charge is 2.36. The molecule has 0 spiro atoms. The molecule has 0 radical (unpaired) electrons. The number of nitrogens with one attached hydrogen (secondary N) is 1. The summed E-state index contributed by atoms with van der Waals surface area (Å²) in [6, 6.07) is 11.1. The average molecular weight is 549 g/mol. The van der Waals surface area contributed by atoms with Gasteiger partial charge >= 0.3 is 0 Å². The first-order chi connectivity index (χ1) is 16.2. The van der Waals surface area contributed by atoms with E-state index >= 15 is 0 Å². The van der Waals surface area contributed by atoms with Crippen LogP contribution in [-0.4, -0.2) is 44.2 Å². The standard InChI is InChI=1S/C25H30BrN3O4S/c1-3-17-7-9-20(10-8-17)27-25(31)19-6-5-12-28(16-19)34(32,33)23-15-22-18(14-21(23)26)11-13-29(22)24(30)4-2/h7-10,14-15,19H,3-6,11-13,16H2,1-2H3,(H,27,31)/t19-/m1/s1. The first-order valence-corrected chi connectivity index (χ1v) is 14.0. The lowest BCUT2D eigenvalue weighted by atomic mass is 9.98. The summed E-state index contributed by atoms with van der Waals surface area (Å²) < 4.78 is 29.1. The minimum atomic E-state index is -3.85. The third-order valence-electron chi connectivity index (χ3n) is 6.63. The quantitative estimate of drug-likeness (QED) is 0.582. The summed E-state index contributed by atoms with van der Waals surface area (Å²) in [5.41, 5.74) is 3.52. The molecule has 2 aliphatic heterocycles. The van der Waals surface area contributed by atoms with Crippen molar-refractivity contribution in [1.82, 2.24) is 4.31 Å². The highest BCUT2D eigenvalue weighted by molar-refractivity contribution is 9.10. The molecule has 34 heavy (non-hydrogen) atoms. The van der Waals surface area contributed by atoms with E-state index in [1.54, 1.807) is 24.0 Å². The van der Waals surface area contributed by atoms with Gasteiger partial charge < -0.3 is 10.2 Å². The van der Waals surface area contributed by atoms with Crippen molar-refractivity contribution in [1.29, 1.82) is 0 Å². The van der Waals surface area contributed by atoms with Gasteiger partial charge in [0.1, 0.15) is 0 Å². The number of aryl methyl sites for hydroxylation is 1. The number of carbonyl (C=O) groups excluding carboxylic acids is 2. The molecule has 2 aromatic carbocycles. The second-order valence-electron chi connectivity index (χ2n) is 8.80. The number of carbonyl (C=O) groups is 2. The van der Waals surface area contributed by atoms with Gasteiger partial charge in [0.2, 0.25) is 21.8 Å². The van der Waals surface area contributed by atoms with Gasteiger partial charge in [0.25, 0.3) is 0 Å². The van der Waals surface area contributed by atoms with E-state index in [9.17, 15) is 18.0 Å². The van der Waals surface area contributed by atoms with E-state index in [1.165, 1.54) is 9.87 Å². The van der Waals surface area contributed by atoms with E-state index in [2.05, 4.69) is 28.2 Å². The monoisotopic (exact) mass is 547 g/mol. The van der Waals surface area contributed by atoms with Crippen LogP contribution in [0.25, 0.3) is 0 Å². The third kappa shape index (κ3) is 4.92. The lowest BCUT2D eigenvalue weighted by Crippen LogP contribution is -2.43. The van der Waals surface area contributed by atoms with Crippen molar-refractivity contribution >= 4 is 49.1 Å². The van der Waals surface area contributed by atoms with E-state index in [0.717, 1.165) is 12.0 Å². The van der Waals surface area contributed by atoms with Gasteiger partial charge in [0.05, 0.1) is 10.8 Å². The van der Waals surface area contributed by atoms with Crippen LogP contribution < -0.4 is 10.2 Å². The van der Waals surface area contributed by atoms with E-state index in [0.29, 0.717) is 54.6 Å². The van der Waals surface area contributed by atoms with Gasteiger partial charge in [-0.2, -0.15) is 4.31 Å². The second kappa shape index (κ2) is 10.2. The number of sulfonamides is 1. The maximum Gasteiger partial charge on any atom is 0.244 e. The number of fused-ring (bicyclic) bond motifs is 1. The fourth-order valence-electron chi connectivity index (χ4n) is 4.62. The number of nitrogens with zero attached hydrogens (tertiary/aromatic N) is 2. The molecule has 1 N–H and O–H groups in total. The minimum absolute atomic E-state index is 0.0221. The van der Waals surface area contributed by atoms with Crippen LogP contribution in [0.15, 0.2) is 45.8 Å². The lowest BCUT2D eigenvalue weighted by Gasteiger charge is -2.31. The molecule has 7 nitrogen and oxygen atoms in total. The van der Waals surface area contributed by atoms with Gasteiger partial charge in [-0.3, -0.25) is 9.59 Å². The molecule has 0 saturated carbocycles. The number of rotatable bonds is 6. The molecule has 0 unspecified atom stereocenters. The van der Waals surface area contributed by atoms with Gasteiger partial charge in [-0.05, 0) is 77.0 Å². The maximum absolute atomic E-state index is 13.6. The summed E-state index contributed by atoms with van der Waals surface area (Å²) >= 11 is 3.44. The molecular weight excluding hydrogens is 518 g/mol. The van der Waals surface area contributed by atoms with Crippen LogP contribution in [0.4, 0.5) is 11.4 Å². The van der Waals surface area contributed by atoms with Gasteiger partial charge in [-0.1, -0.05) is 26.0 Å². The van der Waals surface area contributed by atoms with Gasteiger partial charge in [0, 0.05) is 41.9 Å². The molecule has 2 aliphatic rings. The zero-order chi connectivity index (χ0) is 24.5. The molecular formula is C25H30BrN3O4S. The lowest BCUT2D eigenvalue weighted by molar-refractivity contribution is -0.121. The summed E-state index contributed by atoms with van der Waals surface area (Å²) in [5, 5.41) is 2.93. The number of hydrogen-bond donors (Lipinski definition) is 1. The van der Waals surface area contributed by atoms with Crippen LogP contribution >= 0.6 is 15.9 Å².